The maximum absolute atomic E-state index is 13.8. The van der Waals surface area contributed by atoms with Crippen molar-refractivity contribution >= 4 is 29.2 Å². The number of halogens is 1. The zero-order chi connectivity index (χ0) is 22.1. The Balaban J connectivity index is 1.66. The second kappa shape index (κ2) is 7.87. The first-order valence-corrected chi connectivity index (χ1v) is 10.1. The second-order valence-electron chi connectivity index (χ2n) is 7.43. The maximum atomic E-state index is 13.8. The highest BCUT2D eigenvalue weighted by Crippen LogP contribution is 2.42. The predicted molar refractivity (Wildman–Crippen MR) is 125 cm³/mol. The highest BCUT2D eigenvalue weighted by atomic mass is 19.1. The van der Waals surface area contributed by atoms with Crippen LogP contribution in [0.2, 0.25) is 0 Å². The van der Waals surface area contributed by atoms with E-state index in [1.165, 1.54) is 0 Å². The second-order valence-corrected chi connectivity index (χ2v) is 7.43. The molecule has 0 fully saturated rings. The molecule has 0 spiro atoms. The third-order valence-electron chi connectivity index (χ3n) is 5.56. The molecule has 0 saturated carbocycles. The Morgan fingerprint density at radius 1 is 0.656 bits per heavy atom. The molecule has 1 heterocycles. The van der Waals surface area contributed by atoms with Gasteiger partial charge in [-0.2, -0.15) is 10.5 Å². The molecule has 32 heavy (non-hydrogen) atoms. The fraction of sp³-hybridized carbons (Fsp3) is 0. The number of anilines is 3. The van der Waals surface area contributed by atoms with Crippen molar-refractivity contribution in [1.29, 1.82) is 10.5 Å². The van der Waals surface area contributed by atoms with Crippen LogP contribution in [-0.4, -0.2) is 0 Å². The van der Waals surface area contributed by atoms with Crippen LogP contribution in [0, 0.1) is 28.5 Å². The molecular weight excluding hydrogens is 397 g/mol. The molecule has 0 unspecified atom stereocenters. The summed E-state index contributed by atoms with van der Waals surface area (Å²) in [5.74, 6) is -0.594. The third-order valence-corrected chi connectivity index (χ3v) is 5.56. The van der Waals surface area contributed by atoms with E-state index in [0.717, 1.165) is 40.3 Å². The topological polar surface area (TPSA) is 50.8 Å². The summed E-state index contributed by atoms with van der Waals surface area (Å²) in [5, 5.41) is 19.0. The van der Waals surface area contributed by atoms with Crippen LogP contribution < -0.4 is 4.90 Å². The first kappa shape index (κ1) is 19.3. The van der Waals surface area contributed by atoms with Gasteiger partial charge in [0.15, 0.2) is 0 Å². The molecule has 5 rings (SSSR count). The van der Waals surface area contributed by atoms with Crippen molar-refractivity contribution in [3.05, 3.63) is 113 Å². The summed E-state index contributed by atoms with van der Waals surface area (Å²) in [6.45, 7) is 0. The highest BCUT2D eigenvalue weighted by Gasteiger charge is 2.20. The summed E-state index contributed by atoms with van der Waals surface area (Å²) in [6, 6.07) is 30.4. The van der Waals surface area contributed by atoms with Crippen molar-refractivity contribution in [2.45, 2.75) is 0 Å². The minimum Gasteiger partial charge on any atom is -0.309 e. The normalized spacial score (nSPS) is 11.7. The molecule has 4 aromatic rings. The maximum Gasteiger partial charge on any atom is 0.125 e. The lowest BCUT2D eigenvalue weighted by Gasteiger charge is -2.27. The summed E-state index contributed by atoms with van der Waals surface area (Å²) in [7, 11) is 0. The third kappa shape index (κ3) is 3.21. The predicted octanol–water partition coefficient (Wildman–Crippen LogP) is 7.19. The number of nitrogens with zero attached hydrogens (tertiary/aromatic N) is 3. The van der Waals surface area contributed by atoms with E-state index in [0.29, 0.717) is 11.1 Å². The number of nitriles is 2. The SMILES string of the molecule is N#Cc1cc(F)cc(C#N)c1-c1ccc(N2c3ccccc3C=Cc3ccccc32)cc1. The molecule has 150 valence electrons. The minimum absolute atomic E-state index is 0.143. The molecule has 0 radical (unpaired) electrons. The lowest BCUT2D eigenvalue weighted by Crippen LogP contribution is -2.11. The van der Waals surface area contributed by atoms with Crippen LogP contribution in [0.5, 0.6) is 0 Å². The molecular formula is C28H16FN3. The minimum atomic E-state index is -0.594. The Morgan fingerprint density at radius 2 is 1.16 bits per heavy atom. The molecule has 0 aromatic heterocycles. The zero-order valence-corrected chi connectivity index (χ0v) is 17.0. The van der Waals surface area contributed by atoms with Crippen molar-refractivity contribution in [1.82, 2.24) is 0 Å². The number of para-hydroxylation sites is 2. The standard InChI is InChI=1S/C28H16FN3/c29-24-15-22(17-30)28(23(16-24)18-31)21-11-13-25(14-12-21)32-26-7-3-1-5-19(26)9-10-20-6-2-4-8-27(20)32/h1-16H. The fourth-order valence-electron chi connectivity index (χ4n) is 4.12. The van der Waals surface area contributed by atoms with Gasteiger partial charge in [-0.25, -0.2) is 4.39 Å². The average molecular weight is 413 g/mol. The Morgan fingerprint density at radius 3 is 1.66 bits per heavy atom. The molecule has 0 atom stereocenters. The molecule has 0 aliphatic carbocycles. The quantitative estimate of drug-likeness (QED) is 0.308. The molecule has 4 aromatic carbocycles. The fourth-order valence-corrected chi connectivity index (χ4v) is 4.12. The van der Waals surface area contributed by atoms with Gasteiger partial charge in [0, 0.05) is 11.3 Å². The van der Waals surface area contributed by atoms with Gasteiger partial charge in [-0.05, 0) is 53.1 Å². The van der Waals surface area contributed by atoms with E-state index < -0.39 is 5.82 Å². The van der Waals surface area contributed by atoms with Crippen molar-refractivity contribution in [3.8, 4) is 23.3 Å². The van der Waals surface area contributed by atoms with Crippen LogP contribution in [0.15, 0.2) is 84.9 Å². The molecule has 4 heteroatoms. The Hall–Kier alpha value is -4.67. The smallest absolute Gasteiger partial charge is 0.125 e. The van der Waals surface area contributed by atoms with Crippen molar-refractivity contribution in [2.75, 3.05) is 4.90 Å². The lowest BCUT2D eigenvalue weighted by atomic mass is 9.95. The summed E-state index contributed by atoms with van der Waals surface area (Å²) in [5.41, 5.74) is 6.68. The summed E-state index contributed by atoms with van der Waals surface area (Å²) < 4.78 is 13.8. The monoisotopic (exact) mass is 413 g/mol. The van der Waals surface area contributed by atoms with Crippen molar-refractivity contribution < 1.29 is 4.39 Å². The summed E-state index contributed by atoms with van der Waals surface area (Å²) in [6.07, 6.45) is 4.22. The van der Waals surface area contributed by atoms with Crippen LogP contribution in [0.3, 0.4) is 0 Å². The van der Waals surface area contributed by atoms with Gasteiger partial charge in [0.2, 0.25) is 0 Å². The van der Waals surface area contributed by atoms with E-state index >= 15 is 0 Å². The number of benzene rings is 4. The van der Waals surface area contributed by atoms with Gasteiger partial charge in [-0.15, -0.1) is 0 Å². The van der Waals surface area contributed by atoms with Crippen LogP contribution >= 0.6 is 0 Å². The number of fused-ring (bicyclic) bond motifs is 2. The average Bonchev–Trinajstić information content (AvgIpc) is 3.00. The first-order chi connectivity index (χ1) is 15.7. The Kier molecular flexibility index (Phi) is 4.75. The largest absolute Gasteiger partial charge is 0.309 e. The van der Waals surface area contributed by atoms with Crippen LogP contribution in [0.25, 0.3) is 23.3 Å². The Labute approximate surface area is 185 Å². The van der Waals surface area contributed by atoms with Crippen LogP contribution in [-0.2, 0) is 0 Å². The van der Waals surface area contributed by atoms with Crippen molar-refractivity contribution in [3.63, 3.8) is 0 Å². The Bertz CT molecular complexity index is 1370. The summed E-state index contributed by atoms with van der Waals surface area (Å²) in [4.78, 5) is 2.19. The van der Waals surface area contributed by atoms with E-state index in [4.69, 9.17) is 0 Å². The van der Waals surface area contributed by atoms with Crippen LogP contribution in [0.4, 0.5) is 21.5 Å². The van der Waals surface area contributed by atoms with Gasteiger partial charge in [-0.1, -0.05) is 60.7 Å². The van der Waals surface area contributed by atoms with Crippen molar-refractivity contribution in [2.24, 2.45) is 0 Å². The molecule has 0 bridgehead atoms. The number of hydrogen-bond acceptors (Lipinski definition) is 3. The number of hydrogen-bond donors (Lipinski definition) is 0. The highest BCUT2D eigenvalue weighted by molar-refractivity contribution is 5.93. The van der Waals surface area contributed by atoms with Gasteiger partial charge < -0.3 is 4.90 Å². The van der Waals surface area contributed by atoms with Gasteiger partial charge >= 0.3 is 0 Å². The van der Waals surface area contributed by atoms with Gasteiger partial charge in [-0.3, -0.25) is 0 Å². The van der Waals surface area contributed by atoms with E-state index in [1.807, 2.05) is 60.7 Å². The molecule has 0 N–H and O–H groups in total. The molecule has 0 amide bonds. The number of rotatable bonds is 2. The lowest BCUT2D eigenvalue weighted by molar-refractivity contribution is 0.627. The summed E-state index contributed by atoms with van der Waals surface area (Å²) >= 11 is 0. The van der Waals surface area contributed by atoms with E-state index in [-0.39, 0.29) is 11.1 Å². The van der Waals surface area contributed by atoms with Crippen LogP contribution in [0.1, 0.15) is 22.3 Å². The van der Waals surface area contributed by atoms with E-state index in [2.05, 4.69) is 41.3 Å². The molecule has 1 aliphatic heterocycles. The van der Waals surface area contributed by atoms with Gasteiger partial charge in [0.25, 0.3) is 0 Å². The molecule has 1 aliphatic rings. The molecule has 0 saturated heterocycles. The van der Waals surface area contributed by atoms with E-state index in [9.17, 15) is 14.9 Å². The van der Waals surface area contributed by atoms with Gasteiger partial charge in [0.05, 0.1) is 34.6 Å². The molecule has 3 nitrogen and oxygen atoms in total. The van der Waals surface area contributed by atoms with E-state index in [1.54, 1.807) is 0 Å². The first-order valence-electron chi connectivity index (χ1n) is 10.1. The zero-order valence-electron chi connectivity index (χ0n) is 17.0. The van der Waals surface area contributed by atoms with Gasteiger partial charge in [0.1, 0.15) is 5.82 Å².